The number of carbonyl (C=O) groups excluding carboxylic acids is 1. The zero-order chi connectivity index (χ0) is 16.8. The number of halogens is 1. The second kappa shape index (κ2) is 7.60. The molecule has 2 aromatic rings. The van der Waals surface area contributed by atoms with Gasteiger partial charge in [0.2, 0.25) is 0 Å². The van der Waals surface area contributed by atoms with Crippen molar-refractivity contribution in [2.45, 2.75) is 0 Å². The van der Waals surface area contributed by atoms with Gasteiger partial charge >= 0.3 is 6.03 Å². The Kier molecular flexibility index (Phi) is 5.54. The Morgan fingerprint density at radius 2 is 1.65 bits per heavy atom. The fraction of sp³-hybridized carbons (Fsp3) is 0.188. The van der Waals surface area contributed by atoms with Crippen molar-refractivity contribution in [1.82, 2.24) is 0 Å². The molecule has 0 spiro atoms. The van der Waals surface area contributed by atoms with Gasteiger partial charge < -0.3 is 24.8 Å². The Balaban J connectivity index is 2.09. The van der Waals surface area contributed by atoms with Gasteiger partial charge in [0.05, 0.1) is 32.0 Å². The number of carbonyl (C=O) groups is 1. The molecule has 6 nitrogen and oxygen atoms in total. The van der Waals surface area contributed by atoms with Crippen LogP contribution in [0.4, 0.5) is 16.2 Å². The Labute approximate surface area is 139 Å². The van der Waals surface area contributed by atoms with Crippen molar-refractivity contribution in [2.24, 2.45) is 0 Å². The minimum Gasteiger partial charge on any atom is -0.497 e. The van der Waals surface area contributed by atoms with Crippen molar-refractivity contribution in [1.29, 1.82) is 0 Å². The molecule has 0 bridgehead atoms. The molecule has 2 rings (SSSR count). The average Bonchev–Trinajstić information content (AvgIpc) is 2.55. The van der Waals surface area contributed by atoms with Crippen LogP contribution in [0, 0.1) is 0 Å². The van der Waals surface area contributed by atoms with Crippen LogP contribution in [0.1, 0.15) is 0 Å². The maximum Gasteiger partial charge on any atom is 0.323 e. The van der Waals surface area contributed by atoms with Gasteiger partial charge in [0.1, 0.15) is 17.2 Å². The van der Waals surface area contributed by atoms with Gasteiger partial charge in [-0.1, -0.05) is 11.6 Å². The van der Waals surface area contributed by atoms with Gasteiger partial charge in [-0.3, -0.25) is 0 Å². The number of urea groups is 1. The van der Waals surface area contributed by atoms with E-state index in [9.17, 15) is 4.79 Å². The molecule has 0 aliphatic carbocycles. The van der Waals surface area contributed by atoms with E-state index < -0.39 is 6.03 Å². The van der Waals surface area contributed by atoms with Crippen LogP contribution in [0.3, 0.4) is 0 Å². The molecular formula is C16H17ClN2O4. The predicted molar refractivity (Wildman–Crippen MR) is 90.2 cm³/mol. The molecule has 0 saturated carbocycles. The van der Waals surface area contributed by atoms with Gasteiger partial charge in [-0.25, -0.2) is 4.79 Å². The molecule has 0 atom stereocenters. The van der Waals surface area contributed by atoms with Crippen LogP contribution in [0.2, 0.25) is 5.02 Å². The van der Waals surface area contributed by atoms with E-state index in [-0.39, 0.29) is 0 Å². The topological polar surface area (TPSA) is 68.8 Å². The van der Waals surface area contributed by atoms with Crippen LogP contribution in [0.15, 0.2) is 36.4 Å². The maximum atomic E-state index is 12.1. The third-order valence-corrected chi connectivity index (χ3v) is 3.36. The standard InChI is InChI=1S/C16H17ClN2O4/c1-21-11-5-6-13(15(9-11)23-3)19-16(20)18-10-4-7-14(22-2)12(17)8-10/h4-9H,1-3H3,(H2,18,19,20). The highest BCUT2D eigenvalue weighted by molar-refractivity contribution is 6.32. The number of rotatable bonds is 5. The smallest absolute Gasteiger partial charge is 0.323 e. The average molecular weight is 337 g/mol. The first-order valence-corrected chi connectivity index (χ1v) is 7.08. The van der Waals surface area contributed by atoms with Crippen LogP contribution in [0.5, 0.6) is 17.2 Å². The van der Waals surface area contributed by atoms with Crippen molar-refractivity contribution < 1.29 is 19.0 Å². The van der Waals surface area contributed by atoms with Gasteiger partial charge in [0.15, 0.2) is 0 Å². The molecule has 0 radical (unpaired) electrons. The summed E-state index contributed by atoms with van der Waals surface area (Å²) in [4.78, 5) is 12.1. The van der Waals surface area contributed by atoms with E-state index in [1.807, 2.05) is 0 Å². The summed E-state index contributed by atoms with van der Waals surface area (Å²) in [6.07, 6.45) is 0. The number of hydrogen-bond acceptors (Lipinski definition) is 4. The molecule has 0 unspecified atom stereocenters. The number of amides is 2. The van der Waals surface area contributed by atoms with Crippen LogP contribution < -0.4 is 24.8 Å². The van der Waals surface area contributed by atoms with Crippen molar-refractivity contribution >= 4 is 29.0 Å². The molecule has 7 heteroatoms. The number of benzene rings is 2. The van der Waals surface area contributed by atoms with Crippen molar-refractivity contribution in [3.8, 4) is 17.2 Å². The molecule has 0 fully saturated rings. The molecule has 0 aliphatic rings. The first-order chi connectivity index (χ1) is 11.1. The normalized spacial score (nSPS) is 9.91. The minimum atomic E-state index is -0.422. The number of hydrogen-bond donors (Lipinski definition) is 2. The zero-order valence-corrected chi connectivity index (χ0v) is 13.7. The number of anilines is 2. The second-order valence-electron chi connectivity index (χ2n) is 4.49. The fourth-order valence-electron chi connectivity index (χ4n) is 1.93. The Bertz CT molecular complexity index is 706. The molecule has 23 heavy (non-hydrogen) atoms. The monoisotopic (exact) mass is 336 g/mol. The van der Waals surface area contributed by atoms with Gasteiger partial charge in [-0.15, -0.1) is 0 Å². The van der Waals surface area contributed by atoms with Gasteiger partial charge in [-0.2, -0.15) is 0 Å². The summed E-state index contributed by atoms with van der Waals surface area (Å²) in [7, 11) is 4.60. The van der Waals surface area contributed by atoms with E-state index in [2.05, 4.69) is 10.6 Å². The number of methoxy groups -OCH3 is 3. The summed E-state index contributed by atoms with van der Waals surface area (Å²) in [6, 6.07) is 9.64. The third kappa shape index (κ3) is 4.20. The van der Waals surface area contributed by atoms with Crippen LogP contribution in [-0.4, -0.2) is 27.4 Å². The lowest BCUT2D eigenvalue weighted by atomic mass is 10.2. The lowest BCUT2D eigenvalue weighted by Crippen LogP contribution is -2.19. The Morgan fingerprint density at radius 3 is 2.26 bits per heavy atom. The Hall–Kier alpha value is -2.60. The summed E-state index contributed by atoms with van der Waals surface area (Å²) in [5.41, 5.74) is 1.06. The summed E-state index contributed by atoms with van der Waals surface area (Å²) >= 11 is 6.02. The van der Waals surface area contributed by atoms with Gasteiger partial charge in [0, 0.05) is 11.8 Å². The predicted octanol–water partition coefficient (Wildman–Crippen LogP) is 4.01. The van der Waals surface area contributed by atoms with Crippen molar-refractivity contribution in [3.05, 3.63) is 41.4 Å². The zero-order valence-electron chi connectivity index (χ0n) is 13.0. The van der Waals surface area contributed by atoms with E-state index in [1.165, 1.54) is 14.2 Å². The van der Waals surface area contributed by atoms with Crippen LogP contribution >= 0.6 is 11.6 Å². The van der Waals surface area contributed by atoms with E-state index in [4.69, 9.17) is 25.8 Å². The van der Waals surface area contributed by atoms with Gasteiger partial charge in [0.25, 0.3) is 0 Å². The maximum absolute atomic E-state index is 12.1. The molecule has 2 amide bonds. The van der Waals surface area contributed by atoms with Crippen molar-refractivity contribution in [2.75, 3.05) is 32.0 Å². The SMILES string of the molecule is COc1ccc(NC(=O)Nc2ccc(OC)c(Cl)c2)c(OC)c1. The number of ether oxygens (including phenoxy) is 3. The van der Waals surface area contributed by atoms with Gasteiger partial charge in [-0.05, 0) is 30.3 Å². The Morgan fingerprint density at radius 1 is 0.913 bits per heavy atom. The van der Waals surface area contributed by atoms with E-state index in [1.54, 1.807) is 43.5 Å². The highest BCUT2D eigenvalue weighted by Crippen LogP contribution is 2.30. The first kappa shape index (κ1) is 16.8. The molecule has 2 aromatic carbocycles. The lowest BCUT2D eigenvalue weighted by molar-refractivity contribution is 0.262. The molecule has 2 N–H and O–H groups in total. The highest BCUT2D eigenvalue weighted by atomic mass is 35.5. The largest absolute Gasteiger partial charge is 0.497 e. The molecule has 0 aromatic heterocycles. The van der Waals surface area contributed by atoms with Crippen molar-refractivity contribution in [3.63, 3.8) is 0 Å². The van der Waals surface area contributed by atoms with E-state index >= 15 is 0 Å². The third-order valence-electron chi connectivity index (χ3n) is 3.07. The number of nitrogens with one attached hydrogen (secondary N) is 2. The van der Waals surface area contributed by atoms with Crippen LogP contribution in [0.25, 0.3) is 0 Å². The van der Waals surface area contributed by atoms with Crippen LogP contribution in [-0.2, 0) is 0 Å². The first-order valence-electron chi connectivity index (χ1n) is 6.71. The van der Waals surface area contributed by atoms with E-state index in [0.717, 1.165) is 0 Å². The summed E-state index contributed by atoms with van der Waals surface area (Å²) < 4.78 is 15.4. The molecular weight excluding hydrogens is 320 g/mol. The highest BCUT2D eigenvalue weighted by Gasteiger charge is 2.10. The molecule has 0 aliphatic heterocycles. The minimum absolute atomic E-state index is 0.410. The van der Waals surface area contributed by atoms with E-state index in [0.29, 0.717) is 33.6 Å². The molecule has 0 saturated heterocycles. The molecule has 0 heterocycles. The summed E-state index contributed by atoms with van der Waals surface area (Å²) in [5.74, 6) is 1.66. The molecule has 122 valence electrons. The quantitative estimate of drug-likeness (QED) is 0.865. The second-order valence-corrected chi connectivity index (χ2v) is 4.90. The summed E-state index contributed by atoms with van der Waals surface area (Å²) in [5, 5.41) is 5.80. The lowest BCUT2D eigenvalue weighted by Gasteiger charge is -2.13. The fourth-order valence-corrected chi connectivity index (χ4v) is 2.19. The summed E-state index contributed by atoms with van der Waals surface area (Å²) in [6.45, 7) is 0.